The quantitative estimate of drug-likeness (QED) is 0.177. The van der Waals surface area contributed by atoms with Crippen LogP contribution in [0.3, 0.4) is 0 Å². The molecule has 1 atom stereocenters. The summed E-state index contributed by atoms with van der Waals surface area (Å²) in [6.45, 7) is 2.33. The van der Waals surface area contributed by atoms with E-state index < -0.39 is 5.41 Å². The van der Waals surface area contributed by atoms with Crippen LogP contribution in [0.2, 0.25) is 0 Å². The normalized spacial score (nSPS) is 15.4. The summed E-state index contributed by atoms with van der Waals surface area (Å²) in [7, 11) is 0. The Bertz CT molecular complexity index is 3500. The summed E-state index contributed by atoms with van der Waals surface area (Å²) in [5.41, 5.74) is 15.7. The van der Waals surface area contributed by atoms with E-state index >= 15 is 0 Å². The Balaban J connectivity index is 1.21. The van der Waals surface area contributed by atoms with Gasteiger partial charge in [-0.25, -0.2) is 0 Å². The molecule has 13 rings (SSSR count). The van der Waals surface area contributed by atoms with Gasteiger partial charge in [0.15, 0.2) is 5.58 Å². The van der Waals surface area contributed by atoms with Gasteiger partial charge in [0.25, 0.3) is 0 Å². The molecule has 0 saturated heterocycles. The molecule has 1 spiro atoms. The highest BCUT2D eigenvalue weighted by atomic mass is 16.3. The number of para-hydroxylation sites is 6. The molecular weight excluding hydrogens is 741 g/mol. The van der Waals surface area contributed by atoms with Gasteiger partial charge >= 0.3 is 0 Å². The topological polar surface area (TPSA) is 19.6 Å². The maximum atomic E-state index is 6.84. The molecule has 0 amide bonds. The standard InChI is InChI=1S/C58H40N2O/c1-37-31-33-41-38(35-37)32-34-48-55(41)56-44-23-9-8-21-42(44)53(60(40-19-6-3-7-20-40)52-29-16-24-45-43-22-10-15-30-54(43)61-57(45)52)36-49(56)58(48)46-25-11-13-27-50(46)59(39-17-4-2-5-18-39)51-28-14-12-26-47(51)58/h2-30,32-37H,31H2,1H3. The summed E-state index contributed by atoms with van der Waals surface area (Å²) in [4.78, 5) is 4.91. The van der Waals surface area contributed by atoms with E-state index in [1.54, 1.807) is 0 Å². The SMILES string of the molecule is CC1C=c2ccc3c(c2=CC1)-c1c(cc(N(c2ccccc2)c2cccc4c2oc2ccccc24)c2ccccc12)C31c2ccccc2N(c2ccccc2)c2ccccc21. The molecule has 3 heteroatoms. The average molecular weight is 781 g/mol. The fourth-order valence-corrected chi connectivity index (χ4v) is 11.1. The first-order valence-corrected chi connectivity index (χ1v) is 21.4. The van der Waals surface area contributed by atoms with Crippen LogP contribution in [0.4, 0.5) is 34.1 Å². The maximum Gasteiger partial charge on any atom is 0.159 e. The Morgan fingerprint density at radius 2 is 1.16 bits per heavy atom. The van der Waals surface area contributed by atoms with Crippen molar-refractivity contribution in [2.24, 2.45) is 5.92 Å². The van der Waals surface area contributed by atoms with Crippen LogP contribution in [0.5, 0.6) is 0 Å². The smallest absolute Gasteiger partial charge is 0.159 e. The van der Waals surface area contributed by atoms with Crippen molar-refractivity contribution < 1.29 is 4.42 Å². The van der Waals surface area contributed by atoms with Crippen LogP contribution >= 0.6 is 0 Å². The Morgan fingerprint density at radius 1 is 0.525 bits per heavy atom. The molecule has 288 valence electrons. The molecule has 0 radical (unpaired) electrons. The van der Waals surface area contributed by atoms with Crippen molar-refractivity contribution in [3.8, 4) is 11.1 Å². The summed E-state index contributed by atoms with van der Waals surface area (Å²) in [5, 5.41) is 7.32. The zero-order valence-corrected chi connectivity index (χ0v) is 33.7. The van der Waals surface area contributed by atoms with Crippen LogP contribution in [-0.4, -0.2) is 0 Å². The van der Waals surface area contributed by atoms with Gasteiger partial charge in [-0.2, -0.15) is 0 Å². The third kappa shape index (κ3) is 4.69. The molecule has 61 heavy (non-hydrogen) atoms. The van der Waals surface area contributed by atoms with E-state index in [0.29, 0.717) is 5.92 Å². The predicted octanol–water partition coefficient (Wildman–Crippen LogP) is 14.0. The highest BCUT2D eigenvalue weighted by molar-refractivity contribution is 6.15. The Morgan fingerprint density at radius 3 is 1.93 bits per heavy atom. The number of rotatable bonds is 4. The first kappa shape index (κ1) is 34.3. The minimum absolute atomic E-state index is 0.482. The molecule has 1 unspecified atom stereocenters. The van der Waals surface area contributed by atoms with Gasteiger partial charge in [0.2, 0.25) is 0 Å². The summed E-state index contributed by atoms with van der Waals surface area (Å²) in [6.07, 6.45) is 6.00. The second-order valence-electron chi connectivity index (χ2n) is 16.8. The van der Waals surface area contributed by atoms with E-state index in [0.717, 1.165) is 51.1 Å². The second-order valence-corrected chi connectivity index (χ2v) is 16.8. The third-order valence-electron chi connectivity index (χ3n) is 13.5. The molecule has 0 fully saturated rings. The molecule has 3 aliphatic rings. The van der Waals surface area contributed by atoms with Crippen molar-refractivity contribution >= 4 is 79.0 Å². The van der Waals surface area contributed by atoms with Crippen molar-refractivity contribution in [3.63, 3.8) is 0 Å². The van der Waals surface area contributed by atoms with Gasteiger partial charge in [-0.3, -0.25) is 0 Å². The Kier molecular flexibility index (Phi) is 7.27. The van der Waals surface area contributed by atoms with Gasteiger partial charge in [0, 0.05) is 27.5 Å². The molecule has 9 aromatic carbocycles. The lowest BCUT2D eigenvalue weighted by Gasteiger charge is -2.45. The zero-order valence-electron chi connectivity index (χ0n) is 33.7. The van der Waals surface area contributed by atoms with Crippen LogP contribution in [0.1, 0.15) is 35.6 Å². The number of nitrogens with zero attached hydrogens (tertiary/aromatic N) is 2. The number of anilines is 6. The zero-order chi connectivity index (χ0) is 40.2. The highest BCUT2D eigenvalue weighted by Crippen LogP contribution is 2.65. The first-order valence-electron chi connectivity index (χ1n) is 21.4. The number of hydrogen-bond acceptors (Lipinski definition) is 3. The van der Waals surface area contributed by atoms with E-state index in [2.05, 4.69) is 223 Å². The lowest BCUT2D eigenvalue weighted by molar-refractivity contribution is 0.669. The Hall–Kier alpha value is -7.62. The monoisotopic (exact) mass is 780 g/mol. The van der Waals surface area contributed by atoms with Crippen molar-refractivity contribution in [3.05, 3.63) is 227 Å². The molecule has 10 aromatic rings. The lowest BCUT2D eigenvalue weighted by Crippen LogP contribution is -2.38. The molecule has 0 N–H and O–H groups in total. The molecule has 0 bridgehead atoms. The number of hydrogen-bond donors (Lipinski definition) is 0. The average Bonchev–Trinajstić information content (AvgIpc) is 3.85. The van der Waals surface area contributed by atoms with Crippen LogP contribution in [-0.2, 0) is 5.41 Å². The molecular formula is C58H40N2O. The molecule has 1 aliphatic heterocycles. The minimum atomic E-state index is -0.637. The maximum absolute atomic E-state index is 6.84. The number of benzene rings is 9. The van der Waals surface area contributed by atoms with Crippen molar-refractivity contribution in [2.75, 3.05) is 9.80 Å². The largest absolute Gasteiger partial charge is 0.454 e. The third-order valence-corrected chi connectivity index (χ3v) is 13.5. The second kappa shape index (κ2) is 12.9. The van der Waals surface area contributed by atoms with Gasteiger partial charge in [0.05, 0.1) is 28.2 Å². The Labute approximate surface area is 354 Å². The van der Waals surface area contributed by atoms with Crippen molar-refractivity contribution in [2.45, 2.75) is 18.8 Å². The van der Waals surface area contributed by atoms with Crippen LogP contribution in [0, 0.1) is 5.92 Å². The highest BCUT2D eigenvalue weighted by Gasteiger charge is 2.53. The van der Waals surface area contributed by atoms with E-state index in [9.17, 15) is 0 Å². The van der Waals surface area contributed by atoms with Gasteiger partial charge in [-0.1, -0.05) is 159 Å². The fourth-order valence-electron chi connectivity index (χ4n) is 11.1. The summed E-state index contributed by atoms with van der Waals surface area (Å²) < 4.78 is 6.84. The number of furan rings is 1. The van der Waals surface area contributed by atoms with E-state index in [1.807, 2.05) is 0 Å². The minimum Gasteiger partial charge on any atom is -0.454 e. The molecule has 1 aromatic heterocycles. The van der Waals surface area contributed by atoms with E-state index in [1.165, 1.54) is 66.0 Å². The van der Waals surface area contributed by atoms with Crippen LogP contribution < -0.4 is 20.2 Å². The van der Waals surface area contributed by atoms with Crippen molar-refractivity contribution in [1.29, 1.82) is 0 Å². The van der Waals surface area contributed by atoms with Gasteiger partial charge in [-0.05, 0) is 116 Å². The van der Waals surface area contributed by atoms with Gasteiger partial charge in [-0.15, -0.1) is 0 Å². The first-order chi connectivity index (χ1) is 30.2. The molecule has 0 saturated carbocycles. The van der Waals surface area contributed by atoms with Crippen LogP contribution in [0.25, 0.3) is 56.0 Å². The molecule has 2 aliphatic carbocycles. The summed E-state index contributed by atoms with van der Waals surface area (Å²) in [6, 6.07) is 71.4. The predicted molar refractivity (Wildman–Crippen MR) is 253 cm³/mol. The summed E-state index contributed by atoms with van der Waals surface area (Å²) in [5.74, 6) is 0.482. The fraction of sp³-hybridized carbons (Fsp3) is 0.0690. The number of fused-ring (bicyclic) bond motifs is 16. The van der Waals surface area contributed by atoms with E-state index in [4.69, 9.17) is 4.42 Å². The lowest BCUT2D eigenvalue weighted by atomic mass is 9.64. The van der Waals surface area contributed by atoms with Gasteiger partial charge < -0.3 is 14.2 Å². The van der Waals surface area contributed by atoms with E-state index in [-0.39, 0.29) is 0 Å². The van der Waals surface area contributed by atoms with Crippen molar-refractivity contribution in [1.82, 2.24) is 0 Å². The molecule has 2 heterocycles. The van der Waals surface area contributed by atoms with Gasteiger partial charge in [0.1, 0.15) is 5.58 Å². The molecule has 3 nitrogen and oxygen atoms in total. The van der Waals surface area contributed by atoms with Crippen LogP contribution in [0.15, 0.2) is 199 Å². The summed E-state index contributed by atoms with van der Waals surface area (Å²) >= 11 is 0.